The lowest BCUT2D eigenvalue weighted by atomic mass is 9.93. The first-order chi connectivity index (χ1) is 11.1. The van der Waals surface area contributed by atoms with Crippen LogP contribution < -0.4 is 5.32 Å². The Hall–Kier alpha value is -1.17. The van der Waals surface area contributed by atoms with Gasteiger partial charge in [0.1, 0.15) is 11.9 Å². The summed E-state index contributed by atoms with van der Waals surface area (Å²) >= 11 is 5.78. The molecule has 4 nitrogen and oxygen atoms in total. The van der Waals surface area contributed by atoms with Gasteiger partial charge in [-0.05, 0) is 56.5 Å². The third-order valence-electron chi connectivity index (χ3n) is 4.82. The van der Waals surface area contributed by atoms with E-state index in [-0.39, 0.29) is 29.0 Å². The first-order valence-corrected chi connectivity index (χ1v) is 8.48. The van der Waals surface area contributed by atoms with Crippen molar-refractivity contribution in [3.63, 3.8) is 0 Å². The Morgan fingerprint density at radius 3 is 3.00 bits per heavy atom. The fraction of sp³-hybridized carbons (Fsp3) is 0.588. The standard InChI is InChI=1S/C17H22ClFN2O2/c1-21-7-6-12(10-20-17(22)15-3-2-8-23-15)16(21)11-4-5-13(18)14(19)9-11/h4-5,9,12,15-16H,2-3,6-8,10H2,1H3,(H,20,22)/t12-,15+,16-/m1/s1. The van der Waals surface area contributed by atoms with Crippen LogP contribution in [-0.2, 0) is 9.53 Å². The number of nitrogens with zero attached hydrogens (tertiary/aromatic N) is 1. The molecule has 6 heteroatoms. The Labute approximate surface area is 140 Å². The Bertz CT molecular complexity index is 578. The molecule has 2 aliphatic heterocycles. The molecule has 23 heavy (non-hydrogen) atoms. The fourth-order valence-corrected chi connectivity index (χ4v) is 3.71. The first kappa shape index (κ1) is 16.7. The molecule has 1 aromatic rings. The molecule has 3 atom stereocenters. The van der Waals surface area contributed by atoms with Gasteiger partial charge in [0.25, 0.3) is 0 Å². The van der Waals surface area contributed by atoms with Crippen LogP contribution in [0, 0.1) is 11.7 Å². The highest BCUT2D eigenvalue weighted by Crippen LogP contribution is 2.36. The van der Waals surface area contributed by atoms with Gasteiger partial charge in [-0.3, -0.25) is 9.69 Å². The van der Waals surface area contributed by atoms with Crippen LogP contribution >= 0.6 is 11.6 Å². The van der Waals surface area contributed by atoms with Crippen molar-refractivity contribution in [3.8, 4) is 0 Å². The van der Waals surface area contributed by atoms with Gasteiger partial charge >= 0.3 is 0 Å². The van der Waals surface area contributed by atoms with Gasteiger partial charge in [-0.15, -0.1) is 0 Å². The minimum absolute atomic E-state index is 0.0295. The molecule has 126 valence electrons. The van der Waals surface area contributed by atoms with E-state index in [1.54, 1.807) is 6.07 Å². The Morgan fingerprint density at radius 1 is 1.48 bits per heavy atom. The zero-order valence-corrected chi connectivity index (χ0v) is 14.0. The molecule has 2 saturated heterocycles. The van der Waals surface area contributed by atoms with E-state index in [9.17, 15) is 9.18 Å². The molecule has 0 spiro atoms. The van der Waals surface area contributed by atoms with Crippen LogP contribution in [-0.4, -0.2) is 43.7 Å². The summed E-state index contributed by atoms with van der Waals surface area (Å²) in [7, 11) is 2.03. The lowest BCUT2D eigenvalue weighted by Crippen LogP contribution is -2.38. The molecule has 0 bridgehead atoms. The molecule has 2 fully saturated rings. The largest absolute Gasteiger partial charge is 0.368 e. The first-order valence-electron chi connectivity index (χ1n) is 8.11. The van der Waals surface area contributed by atoms with Crippen LogP contribution in [0.15, 0.2) is 18.2 Å². The maximum absolute atomic E-state index is 13.8. The molecular formula is C17H22ClFN2O2. The molecular weight excluding hydrogens is 319 g/mol. The van der Waals surface area contributed by atoms with E-state index in [0.29, 0.717) is 13.2 Å². The van der Waals surface area contributed by atoms with Crippen molar-refractivity contribution in [2.75, 3.05) is 26.7 Å². The summed E-state index contributed by atoms with van der Waals surface area (Å²) < 4.78 is 19.2. The van der Waals surface area contributed by atoms with Crippen LogP contribution in [0.5, 0.6) is 0 Å². The Balaban J connectivity index is 1.65. The number of ether oxygens (including phenoxy) is 1. The maximum Gasteiger partial charge on any atom is 0.249 e. The van der Waals surface area contributed by atoms with E-state index in [2.05, 4.69) is 10.2 Å². The summed E-state index contributed by atoms with van der Waals surface area (Å²) in [6.07, 6.45) is 2.40. The smallest absolute Gasteiger partial charge is 0.249 e. The molecule has 1 aromatic carbocycles. The second-order valence-corrected chi connectivity index (χ2v) is 6.80. The summed E-state index contributed by atoms with van der Waals surface area (Å²) in [5, 5.41) is 3.14. The van der Waals surface area contributed by atoms with Gasteiger partial charge < -0.3 is 10.1 Å². The number of carbonyl (C=O) groups excluding carboxylic acids is 1. The Morgan fingerprint density at radius 2 is 2.30 bits per heavy atom. The highest BCUT2D eigenvalue weighted by molar-refractivity contribution is 6.30. The predicted molar refractivity (Wildman–Crippen MR) is 86.9 cm³/mol. The minimum Gasteiger partial charge on any atom is -0.368 e. The van der Waals surface area contributed by atoms with Crippen molar-refractivity contribution < 1.29 is 13.9 Å². The number of hydrogen-bond donors (Lipinski definition) is 1. The highest BCUT2D eigenvalue weighted by Gasteiger charge is 2.34. The molecule has 0 radical (unpaired) electrons. The number of carbonyl (C=O) groups is 1. The van der Waals surface area contributed by atoms with Crippen molar-refractivity contribution in [2.24, 2.45) is 5.92 Å². The van der Waals surface area contributed by atoms with E-state index >= 15 is 0 Å². The Kier molecular flexibility index (Phi) is 5.19. The summed E-state index contributed by atoms with van der Waals surface area (Å²) in [6, 6.07) is 5.06. The number of likely N-dealkylation sites (tertiary alicyclic amines) is 1. The average molecular weight is 341 g/mol. The van der Waals surface area contributed by atoms with Crippen LogP contribution in [0.2, 0.25) is 5.02 Å². The summed E-state index contributed by atoms with van der Waals surface area (Å²) in [6.45, 7) is 2.17. The quantitative estimate of drug-likeness (QED) is 0.916. The molecule has 0 saturated carbocycles. The van der Waals surface area contributed by atoms with E-state index in [1.807, 2.05) is 13.1 Å². The summed E-state index contributed by atoms with van der Waals surface area (Å²) in [5.74, 6) is -0.171. The molecule has 1 amide bonds. The zero-order valence-electron chi connectivity index (χ0n) is 13.2. The van der Waals surface area contributed by atoms with Crippen molar-refractivity contribution in [3.05, 3.63) is 34.6 Å². The van der Waals surface area contributed by atoms with Crippen LogP contribution in [0.1, 0.15) is 30.9 Å². The average Bonchev–Trinajstić information content (AvgIpc) is 3.18. The van der Waals surface area contributed by atoms with Crippen LogP contribution in [0.3, 0.4) is 0 Å². The van der Waals surface area contributed by atoms with Gasteiger partial charge in [0.15, 0.2) is 0 Å². The molecule has 0 aliphatic carbocycles. The third-order valence-corrected chi connectivity index (χ3v) is 5.13. The van der Waals surface area contributed by atoms with Gasteiger partial charge in [-0.25, -0.2) is 4.39 Å². The molecule has 2 heterocycles. The van der Waals surface area contributed by atoms with Crippen molar-refractivity contribution >= 4 is 17.5 Å². The number of hydrogen-bond acceptors (Lipinski definition) is 3. The number of benzene rings is 1. The third kappa shape index (κ3) is 3.67. The lowest BCUT2D eigenvalue weighted by molar-refractivity contribution is -0.130. The van der Waals surface area contributed by atoms with E-state index < -0.39 is 5.82 Å². The van der Waals surface area contributed by atoms with E-state index in [1.165, 1.54) is 6.07 Å². The second-order valence-electron chi connectivity index (χ2n) is 6.39. The highest BCUT2D eigenvalue weighted by atomic mass is 35.5. The number of nitrogens with one attached hydrogen (secondary N) is 1. The fourth-order valence-electron chi connectivity index (χ4n) is 3.59. The van der Waals surface area contributed by atoms with Gasteiger partial charge in [0, 0.05) is 19.2 Å². The van der Waals surface area contributed by atoms with E-state index in [4.69, 9.17) is 16.3 Å². The molecule has 0 unspecified atom stereocenters. The normalized spacial score (nSPS) is 28.2. The number of halogens is 2. The van der Waals surface area contributed by atoms with E-state index in [0.717, 1.165) is 31.4 Å². The molecule has 0 aromatic heterocycles. The minimum atomic E-state index is -0.397. The maximum atomic E-state index is 13.8. The van der Waals surface area contributed by atoms with Gasteiger partial charge in [-0.2, -0.15) is 0 Å². The SMILES string of the molecule is CN1CC[C@H](CNC(=O)[C@@H]2CCCO2)[C@H]1c1ccc(Cl)c(F)c1. The number of rotatable bonds is 4. The van der Waals surface area contributed by atoms with Crippen molar-refractivity contribution in [2.45, 2.75) is 31.4 Å². The van der Waals surface area contributed by atoms with Crippen LogP contribution in [0.4, 0.5) is 4.39 Å². The zero-order chi connectivity index (χ0) is 16.4. The van der Waals surface area contributed by atoms with Crippen LogP contribution in [0.25, 0.3) is 0 Å². The van der Waals surface area contributed by atoms with Crippen molar-refractivity contribution in [1.29, 1.82) is 0 Å². The molecule has 2 aliphatic rings. The van der Waals surface area contributed by atoms with Gasteiger partial charge in [0.05, 0.1) is 5.02 Å². The van der Waals surface area contributed by atoms with Crippen molar-refractivity contribution in [1.82, 2.24) is 10.2 Å². The monoisotopic (exact) mass is 340 g/mol. The molecule has 3 rings (SSSR count). The van der Waals surface area contributed by atoms with Gasteiger partial charge in [0.2, 0.25) is 5.91 Å². The predicted octanol–water partition coefficient (Wildman–Crippen LogP) is 2.77. The summed E-state index contributed by atoms with van der Waals surface area (Å²) in [5.41, 5.74) is 0.906. The lowest BCUT2D eigenvalue weighted by Gasteiger charge is -2.26. The van der Waals surface area contributed by atoms with Gasteiger partial charge in [-0.1, -0.05) is 17.7 Å². The number of amides is 1. The second kappa shape index (κ2) is 7.16. The topological polar surface area (TPSA) is 41.6 Å². The summed E-state index contributed by atoms with van der Waals surface area (Å²) in [4.78, 5) is 14.3. The molecule has 1 N–H and O–H groups in total.